The van der Waals surface area contributed by atoms with Crippen LogP contribution in [0.4, 0.5) is 0 Å². The Labute approximate surface area is 126 Å². The predicted octanol–water partition coefficient (Wildman–Crippen LogP) is 2.62. The van der Waals surface area contributed by atoms with Crippen molar-refractivity contribution in [3.05, 3.63) is 64.6 Å². The highest BCUT2D eigenvalue weighted by atomic mass is 35.5. The van der Waals surface area contributed by atoms with Crippen LogP contribution in [0.2, 0.25) is 5.02 Å². The van der Waals surface area contributed by atoms with Gasteiger partial charge in [-0.05, 0) is 30.7 Å². The zero-order valence-electron chi connectivity index (χ0n) is 11.4. The van der Waals surface area contributed by atoms with Gasteiger partial charge in [0.05, 0.1) is 11.9 Å². The molecule has 106 valence electrons. The summed E-state index contributed by atoms with van der Waals surface area (Å²) in [7, 11) is 0. The second kappa shape index (κ2) is 5.54. The minimum Gasteiger partial charge on any atom is -0.347 e. The highest BCUT2D eigenvalue weighted by molar-refractivity contribution is 6.31. The molecule has 0 unspecified atom stereocenters. The van der Waals surface area contributed by atoms with E-state index in [1.165, 1.54) is 0 Å². The highest BCUT2D eigenvalue weighted by Crippen LogP contribution is 2.14. The third-order valence-corrected chi connectivity index (χ3v) is 3.44. The number of amides is 1. The van der Waals surface area contributed by atoms with Crippen molar-refractivity contribution in [2.45, 2.75) is 13.5 Å². The molecule has 1 aromatic carbocycles. The first-order valence-corrected chi connectivity index (χ1v) is 6.86. The first-order valence-electron chi connectivity index (χ1n) is 6.48. The first-order chi connectivity index (χ1) is 10.1. The second-order valence-corrected chi connectivity index (χ2v) is 5.08. The van der Waals surface area contributed by atoms with E-state index in [1.54, 1.807) is 28.9 Å². The van der Waals surface area contributed by atoms with E-state index >= 15 is 0 Å². The maximum atomic E-state index is 12.1. The van der Waals surface area contributed by atoms with E-state index in [9.17, 15) is 4.79 Å². The monoisotopic (exact) mass is 300 g/mol. The van der Waals surface area contributed by atoms with Gasteiger partial charge in [0.25, 0.3) is 5.91 Å². The molecule has 0 saturated heterocycles. The number of hydrogen-bond donors (Lipinski definition) is 1. The fourth-order valence-corrected chi connectivity index (χ4v) is 2.23. The molecule has 0 fully saturated rings. The molecular formula is C15H13ClN4O. The van der Waals surface area contributed by atoms with Crippen LogP contribution in [0.15, 0.2) is 42.6 Å². The topological polar surface area (TPSA) is 59.3 Å². The maximum Gasteiger partial charge on any atom is 0.272 e. The van der Waals surface area contributed by atoms with Crippen LogP contribution in [0.1, 0.15) is 21.7 Å². The number of rotatable bonds is 3. The second-order valence-electron chi connectivity index (χ2n) is 4.68. The van der Waals surface area contributed by atoms with Gasteiger partial charge < -0.3 is 5.32 Å². The van der Waals surface area contributed by atoms with Crippen molar-refractivity contribution in [1.82, 2.24) is 19.9 Å². The zero-order valence-corrected chi connectivity index (χ0v) is 12.1. The number of fused-ring (bicyclic) bond motifs is 1. The lowest BCUT2D eigenvalue weighted by Gasteiger charge is -2.06. The number of aryl methyl sites for hydroxylation is 1. The van der Waals surface area contributed by atoms with Gasteiger partial charge in [0, 0.05) is 11.6 Å². The van der Waals surface area contributed by atoms with Gasteiger partial charge in [-0.15, -0.1) is 0 Å². The summed E-state index contributed by atoms with van der Waals surface area (Å²) in [6.45, 7) is 2.24. The average molecular weight is 301 g/mol. The number of benzene rings is 1. The zero-order chi connectivity index (χ0) is 14.8. The number of nitrogens with zero attached hydrogens (tertiary/aromatic N) is 3. The molecule has 0 atom stereocenters. The third kappa shape index (κ3) is 2.87. The molecule has 1 N–H and O–H groups in total. The molecule has 3 aromatic rings. The van der Waals surface area contributed by atoms with Crippen LogP contribution in [0.25, 0.3) is 5.65 Å². The number of halogens is 1. The van der Waals surface area contributed by atoms with E-state index in [4.69, 9.17) is 11.6 Å². The largest absolute Gasteiger partial charge is 0.347 e. The molecule has 1 amide bonds. The highest BCUT2D eigenvalue weighted by Gasteiger charge is 2.10. The maximum absolute atomic E-state index is 12.1. The Morgan fingerprint density at radius 3 is 2.90 bits per heavy atom. The third-order valence-electron chi connectivity index (χ3n) is 3.07. The molecule has 6 heteroatoms. The summed E-state index contributed by atoms with van der Waals surface area (Å²) in [6.07, 6.45) is 1.78. The normalized spacial score (nSPS) is 10.8. The van der Waals surface area contributed by atoms with E-state index in [0.29, 0.717) is 17.3 Å². The molecule has 2 aromatic heterocycles. The number of imidazole rings is 1. The SMILES string of the molecule is Cc1cn2nc(C(=O)NCc3ccccc3Cl)ccc2n1. The van der Waals surface area contributed by atoms with Crippen molar-refractivity contribution in [1.29, 1.82) is 0 Å². The van der Waals surface area contributed by atoms with Crippen molar-refractivity contribution >= 4 is 23.2 Å². The van der Waals surface area contributed by atoms with Crippen molar-refractivity contribution in [3.63, 3.8) is 0 Å². The van der Waals surface area contributed by atoms with E-state index in [2.05, 4.69) is 15.4 Å². The fourth-order valence-electron chi connectivity index (χ4n) is 2.03. The van der Waals surface area contributed by atoms with Crippen LogP contribution in [-0.2, 0) is 6.54 Å². The van der Waals surface area contributed by atoms with Gasteiger partial charge in [0.2, 0.25) is 0 Å². The summed E-state index contributed by atoms with van der Waals surface area (Å²) >= 11 is 6.06. The smallest absolute Gasteiger partial charge is 0.272 e. The van der Waals surface area contributed by atoms with Gasteiger partial charge in [-0.3, -0.25) is 4.79 Å². The van der Waals surface area contributed by atoms with E-state index < -0.39 is 0 Å². The fraction of sp³-hybridized carbons (Fsp3) is 0.133. The lowest BCUT2D eigenvalue weighted by Crippen LogP contribution is -2.24. The molecule has 0 radical (unpaired) electrons. The Bertz CT molecular complexity index is 812. The van der Waals surface area contributed by atoms with Gasteiger partial charge in [-0.25, -0.2) is 9.50 Å². The van der Waals surface area contributed by atoms with Crippen molar-refractivity contribution in [2.24, 2.45) is 0 Å². The Morgan fingerprint density at radius 1 is 1.29 bits per heavy atom. The summed E-state index contributed by atoms with van der Waals surface area (Å²) in [5, 5.41) is 7.68. The molecule has 5 nitrogen and oxygen atoms in total. The van der Waals surface area contributed by atoms with Crippen LogP contribution >= 0.6 is 11.6 Å². The first kappa shape index (κ1) is 13.6. The number of aromatic nitrogens is 3. The van der Waals surface area contributed by atoms with Crippen LogP contribution in [0.3, 0.4) is 0 Å². The minimum absolute atomic E-state index is 0.247. The summed E-state index contributed by atoms with van der Waals surface area (Å²) < 4.78 is 1.60. The molecule has 2 heterocycles. The summed E-state index contributed by atoms with van der Waals surface area (Å²) in [5.74, 6) is -0.247. The lowest BCUT2D eigenvalue weighted by molar-refractivity contribution is 0.0944. The Balaban J connectivity index is 1.76. The van der Waals surface area contributed by atoms with E-state index in [1.807, 2.05) is 25.1 Å². The molecule has 21 heavy (non-hydrogen) atoms. The van der Waals surface area contributed by atoms with Gasteiger partial charge in [0.1, 0.15) is 5.69 Å². The number of nitrogens with one attached hydrogen (secondary N) is 1. The summed E-state index contributed by atoms with van der Waals surface area (Å²) in [6, 6.07) is 10.8. The Hall–Kier alpha value is -2.40. The molecule has 0 aliphatic carbocycles. The molecule has 0 aliphatic heterocycles. The van der Waals surface area contributed by atoms with Crippen molar-refractivity contribution in [2.75, 3.05) is 0 Å². The summed E-state index contributed by atoms with van der Waals surface area (Å²) in [4.78, 5) is 16.4. The average Bonchev–Trinajstić information content (AvgIpc) is 2.85. The van der Waals surface area contributed by atoms with Crippen molar-refractivity contribution in [3.8, 4) is 0 Å². The van der Waals surface area contributed by atoms with Crippen LogP contribution < -0.4 is 5.32 Å². The quantitative estimate of drug-likeness (QED) is 0.809. The lowest BCUT2D eigenvalue weighted by atomic mass is 10.2. The van der Waals surface area contributed by atoms with Crippen LogP contribution in [0.5, 0.6) is 0 Å². The van der Waals surface area contributed by atoms with Crippen molar-refractivity contribution < 1.29 is 4.79 Å². The van der Waals surface area contributed by atoms with Crippen LogP contribution in [0, 0.1) is 6.92 Å². The van der Waals surface area contributed by atoms with Gasteiger partial charge >= 0.3 is 0 Å². The molecule has 0 saturated carbocycles. The Kier molecular flexibility index (Phi) is 3.58. The van der Waals surface area contributed by atoms with E-state index in [0.717, 1.165) is 16.9 Å². The van der Waals surface area contributed by atoms with Gasteiger partial charge in [-0.1, -0.05) is 29.8 Å². The number of hydrogen-bond acceptors (Lipinski definition) is 3. The molecule has 3 rings (SSSR count). The Morgan fingerprint density at radius 2 is 2.10 bits per heavy atom. The van der Waals surface area contributed by atoms with E-state index in [-0.39, 0.29) is 5.91 Å². The van der Waals surface area contributed by atoms with Gasteiger partial charge in [-0.2, -0.15) is 5.10 Å². The number of carbonyl (C=O) groups excluding carboxylic acids is 1. The minimum atomic E-state index is -0.247. The van der Waals surface area contributed by atoms with Crippen LogP contribution in [-0.4, -0.2) is 20.5 Å². The standard InChI is InChI=1S/C15H13ClN4O/c1-10-9-20-14(18-10)7-6-13(19-20)15(21)17-8-11-4-2-3-5-12(11)16/h2-7,9H,8H2,1H3,(H,17,21). The predicted molar refractivity (Wildman–Crippen MR) is 80.3 cm³/mol. The molecule has 0 bridgehead atoms. The molecule has 0 aliphatic rings. The van der Waals surface area contributed by atoms with Gasteiger partial charge in [0.15, 0.2) is 5.65 Å². The summed E-state index contributed by atoms with van der Waals surface area (Å²) in [5.41, 5.74) is 2.78. The number of carbonyl (C=O) groups is 1. The molecule has 0 spiro atoms. The molecular weight excluding hydrogens is 288 g/mol.